The van der Waals surface area contributed by atoms with Gasteiger partial charge in [0.15, 0.2) is 0 Å². The summed E-state index contributed by atoms with van der Waals surface area (Å²) in [5, 5.41) is 3.05. The highest BCUT2D eigenvalue weighted by atomic mass is 16.2. The molecule has 2 aromatic carbocycles. The number of nitrogens with zero attached hydrogens (tertiary/aromatic N) is 1. The summed E-state index contributed by atoms with van der Waals surface area (Å²) in [6.45, 7) is 2.02. The van der Waals surface area contributed by atoms with Crippen LogP contribution in [0.15, 0.2) is 83.8 Å². The third-order valence-corrected chi connectivity index (χ3v) is 4.06. The molecule has 126 valence electrons. The van der Waals surface area contributed by atoms with E-state index >= 15 is 0 Å². The van der Waals surface area contributed by atoms with Gasteiger partial charge in [-0.25, -0.2) is 0 Å². The van der Waals surface area contributed by atoms with Crippen molar-refractivity contribution in [1.82, 2.24) is 9.88 Å². The number of pyridine rings is 1. The molecule has 0 aliphatic heterocycles. The van der Waals surface area contributed by atoms with Crippen LogP contribution in [-0.4, -0.2) is 10.5 Å². The average molecular weight is 332 g/mol. The molecule has 1 N–H and O–H groups in total. The van der Waals surface area contributed by atoms with Crippen molar-refractivity contribution < 1.29 is 4.79 Å². The fraction of sp³-hybridized carbons (Fsp3) is 0.143. The van der Waals surface area contributed by atoms with Crippen LogP contribution in [-0.2, 0) is 11.3 Å². The summed E-state index contributed by atoms with van der Waals surface area (Å²) in [7, 11) is 0. The highest BCUT2D eigenvalue weighted by molar-refractivity contribution is 5.76. The lowest BCUT2D eigenvalue weighted by atomic mass is 9.98. The van der Waals surface area contributed by atoms with Gasteiger partial charge in [-0.1, -0.05) is 66.2 Å². The van der Waals surface area contributed by atoms with Crippen LogP contribution in [0.2, 0.25) is 0 Å². The van der Waals surface area contributed by atoms with E-state index in [1.165, 1.54) is 10.6 Å². The molecule has 1 amide bonds. The Morgan fingerprint density at radius 3 is 2.24 bits per heavy atom. The molecule has 1 aromatic heterocycles. The summed E-state index contributed by atoms with van der Waals surface area (Å²) in [5.41, 5.74) is 2.98. The van der Waals surface area contributed by atoms with Crippen molar-refractivity contribution in [2.45, 2.75) is 19.5 Å². The fourth-order valence-corrected chi connectivity index (χ4v) is 2.72. The largest absolute Gasteiger partial charge is 0.344 e. The maximum absolute atomic E-state index is 12.5. The van der Waals surface area contributed by atoms with Gasteiger partial charge in [0.2, 0.25) is 5.91 Å². The van der Waals surface area contributed by atoms with Crippen molar-refractivity contribution in [1.29, 1.82) is 0 Å². The molecule has 4 nitrogen and oxygen atoms in total. The molecule has 1 heterocycles. The Morgan fingerprint density at radius 1 is 0.920 bits per heavy atom. The molecule has 0 spiro atoms. The molecule has 0 bridgehead atoms. The third kappa shape index (κ3) is 4.23. The molecule has 1 atom stereocenters. The second-order valence-corrected chi connectivity index (χ2v) is 5.99. The molecule has 0 radical (unpaired) electrons. The molecule has 0 saturated heterocycles. The van der Waals surface area contributed by atoms with E-state index in [0.29, 0.717) is 0 Å². The van der Waals surface area contributed by atoms with Crippen LogP contribution < -0.4 is 10.9 Å². The Morgan fingerprint density at radius 2 is 1.56 bits per heavy atom. The minimum atomic E-state index is -0.256. The van der Waals surface area contributed by atoms with Crippen LogP contribution >= 0.6 is 0 Å². The summed E-state index contributed by atoms with van der Waals surface area (Å²) in [6, 6.07) is 22.5. The second-order valence-electron chi connectivity index (χ2n) is 5.99. The van der Waals surface area contributed by atoms with E-state index in [4.69, 9.17) is 0 Å². The molecule has 0 aliphatic rings. The maximum atomic E-state index is 12.5. The number of hydrogen-bond donors (Lipinski definition) is 1. The number of nitrogens with one attached hydrogen (secondary N) is 1. The Labute approximate surface area is 146 Å². The van der Waals surface area contributed by atoms with Crippen molar-refractivity contribution >= 4 is 5.91 Å². The van der Waals surface area contributed by atoms with Crippen molar-refractivity contribution in [2.24, 2.45) is 0 Å². The molecule has 3 aromatic rings. The highest BCUT2D eigenvalue weighted by Gasteiger charge is 2.17. The van der Waals surface area contributed by atoms with Gasteiger partial charge < -0.3 is 9.88 Å². The number of aryl methyl sites for hydroxylation is 1. The monoisotopic (exact) mass is 332 g/mol. The number of benzene rings is 2. The number of aromatic nitrogens is 1. The Hall–Kier alpha value is -3.14. The lowest BCUT2D eigenvalue weighted by Crippen LogP contribution is -2.34. The summed E-state index contributed by atoms with van der Waals surface area (Å²) >= 11 is 0. The van der Waals surface area contributed by atoms with Gasteiger partial charge in [-0.05, 0) is 24.1 Å². The summed E-state index contributed by atoms with van der Waals surface area (Å²) < 4.78 is 1.40. The molecule has 0 fully saturated rings. The first-order chi connectivity index (χ1) is 12.1. The van der Waals surface area contributed by atoms with Gasteiger partial charge in [0.05, 0.1) is 6.04 Å². The smallest absolute Gasteiger partial charge is 0.250 e. The van der Waals surface area contributed by atoms with Gasteiger partial charge in [0.25, 0.3) is 5.56 Å². The Balaban J connectivity index is 1.85. The quantitative estimate of drug-likeness (QED) is 0.781. The summed E-state index contributed by atoms with van der Waals surface area (Å²) in [4.78, 5) is 24.3. The SMILES string of the molecule is Cc1ccc(C(NC(=O)Cn2ccccc2=O)c2ccccc2)cc1. The molecular weight excluding hydrogens is 312 g/mol. The van der Waals surface area contributed by atoms with Gasteiger partial charge >= 0.3 is 0 Å². The molecule has 4 heteroatoms. The fourth-order valence-electron chi connectivity index (χ4n) is 2.72. The van der Waals surface area contributed by atoms with Crippen LogP contribution in [0, 0.1) is 6.92 Å². The number of carbonyl (C=O) groups excluding carboxylic acids is 1. The molecule has 25 heavy (non-hydrogen) atoms. The third-order valence-electron chi connectivity index (χ3n) is 4.06. The first kappa shape index (κ1) is 16.7. The van der Waals surface area contributed by atoms with Gasteiger partial charge in [-0.2, -0.15) is 0 Å². The van der Waals surface area contributed by atoms with E-state index < -0.39 is 0 Å². The lowest BCUT2D eigenvalue weighted by Gasteiger charge is -2.20. The Kier molecular flexibility index (Phi) is 5.09. The zero-order valence-corrected chi connectivity index (χ0v) is 14.1. The standard InChI is InChI=1S/C21H20N2O2/c1-16-10-12-18(13-11-16)21(17-7-3-2-4-8-17)22-19(24)15-23-14-6-5-9-20(23)25/h2-14,21H,15H2,1H3,(H,22,24). The van der Waals surface area contributed by atoms with E-state index in [0.717, 1.165) is 16.7 Å². The second kappa shape index (κ2) is 7.62. The minimum absolute atomic E-state index is 0.00509. The normalized spacial score (nSPS) is 11.7. The Bertz CT molecular complexity index is 899. The summed E-state index contributed by atoms with van der Waals surface area (Å²) in [6.07, 6.45) is 1.62. The van der Waals surface area contributed by atoms with E-state index in [2.05, 4.69) is 5.32 Å². The van der Waals surface area contributed by atoms with Crippen LogP contribution in [0.1, 0.15) is 22.7 Å². The number of hydrogen-bond acceptors (Lipinski definition) is 2. The predicted molar refractivity (Wildman–Crippen MR) is 98.3 cm³/mol. The van der Waals surface area contributed by atoms with Crippen molar-refractivity contribution in [3.8, 4) is 0 Å². The van der Waals surface area contributed by atoms with Crippen LogP contribution in [0.25, 0.3) is 0 Å². The van der Waals surface area contributed by atoms with Crippen molar-refractivity contribution in [3.05, 3.63) is 106 Å². The maximum Gasteiger partial charge on any atom is 0.250 e. The first-order valence-electron chi connectivity index (χ1n) is 8.20. The van der Waals surface area contributed by atoms with Gasteiger partial charge in [-0.3, -0.25) is 9.59 Å². The van der Waals surface area contributed by atoms with Crippen molar-refractivity contribution in [3.63, 3.8) is 0 Å². The number of amides is 1. The minimum Gasteiger partial charge on any atom is -0.344 e. The number of rotatable bonds is 5. The highest BCUT2D eigenvalue weighted by Crippen LogP contribution is 2.22. The lowest BCUT2D eigenvalue weighted by molar-refractivity contribution is -0.122. The van der Waals surface area contributed by atoms with Gasteiger partial charge in [-0.15, -0.1) is 0 Å². The van der Waals surface area contributed by atoms with Crippen LogP contribution in [0.4, 0.5) is 0 Å². The summed E-state index contributed by atoms with van der Waals surface area (Å²) in [5.74, 6) is -0.206. The first-order valence-corrected chi connectivity index (χ1v) is 8.20. The van der Waals surface area contributed by atoms with E-state index in [1.807, 2.05) is 61.5 Å². The molecule has 1 unspecified atom stereocenters. The van der Waals surface area contributed by atoms with Crippen LogP contribution in [0.5, 0.6) is 0 Å². The molecule has 0 aliphatic carbocycles. The molecule has 3 rings (SSSR count). The number of carbonyl (C=O) groups is 1. The van der Waals surface area contributed by atoms with Crippen molar-refractivity contribution in [2.75, 3.05) is 0 Å². The van der Waals surface area contributed by atoms with Crippen LogP contribution in [0.3, 0.4) is 0 Å². The van der Waals surface area contributed by atoms with E-state index in [9.17, 15) is 9.59 Å². The van der Waals surface area contributed by atoms with E-state index in [-0.39, 0.29) is 24.1 Å². The average Bonchev–Trinajstić information content (AvgIpc) is 2.63. The topological polar surface area (TPSA) is 51.1 Å². The van der Waals surface area contributed by atoms with E-state index in [1.54, 1.807) is 18.3 Å². The van der Waals surface area contributed by atoms with Gasteiger partial charge in [0.1, 0.15) is 6.54 Å². The zero-order chi connectivity index (χ0) is 17.6. The zero-order valence-electron chi connectivity index (χ0n) is 14.1. The predicted octanol–water partition coefficient (Wildman–Crippen LogP) is 3.06. The molecular formula is C21H20N2O2. The molecule has 0 saturated carbocycles. The van der Waals surface area contributed by atoms with Gasteiger partial charge in [0, 0.05) is 12.3 Å².